The average molecular weight is 286 g/mol. The molecule has 0 N–H and O–H groups in total. The summed E-state index contributed by atoms with van der Waals surface area (Å²) in [5, 5.41) is 0. The average Bonchev–Trinajstić information content (AvgIpc) is 2.38. The van der Waals surface area contributed by atoms with Gasteiger partial charge in [-0.3, -0.25) is 4.79 Å². The molecule has 6 heteroatoms. The Balaban J connectivity index is 2.69. The molecule has 0 bridgehead atoms. The predicted molar refractivity (Wildman–Crippen MR) is 72.8 cm³/mol. The Morgan fingerprint density at radius 1 is 1.21 bits per heavy atom. The zero-order chi connectivity index (χ0) is 14.3. The van der Waals surface area contributed by atoms with Crippen LogP contribution in [0.15, 0.2) is 18.2 Å². The Morgan fingerprint density at radius 3 is 2.53 bits per heavy atom. The lowest BCUT2D eigenvalue weighted by Gasteiger charge is -2.11. The van der Waals surface area contributed by atoms with Gasteiger partial charge in [-0.15, -0.1) is 0 Å². The number of benzene rings is 1. The summed E-state index contributed by atoms with van der Waals surface area (Å²) in [6, 6.07) is 4.74. The third-order valence-electron chi connectivity index (χ3n) is 2.49. The van der Waals surface area contributed by atoms with Crippen LogP contribution < -0.4 is 9.47 Å². The molecule has 0 aliphatic rings. The fourth-order valence-electron chi connectivity index (χ4n) is 1.57. The summed E-state index contributed by atoms with van der Waals surface area (Å²) in [5.41, 5.74) is 0.451. The van der Waals surface area contributed by atoms with Crippen LogP contribution in [0.4, 0.5) is 0 Å². The van der Waals surface area contributed by atoms with Gasteiger partial charge in [0, 0.05) is 5.56 Å². The van der Waals surface area contributed by atoms with E-state index in [-0.39, 0.29) is 18.1 Å². The van der Waals surface area contributed by atoms with Crippen LogP contribution in [0.25, 0.3) is 0 Å². The predicted octanol–water partition coefficient (Wildman–Crippen LogP) is 1.71. The molecule has 0 fully saturated rings. The van der Waals surface area contributed by atoms with Gasteiger partial charge in [-0.25, -0.2) is 8.42 Å². The number of hydrogen-bond acceptors (Lipinski definition) is 5. The first-order chi connectivity index (χ1) is 9.02. The molecule has 0 aliphatic carbocycles. The second kappa shape index (κ2) is 7.13. The highest BCUT2D eigenvalue weighted by atomic mass is 32.2. The van der Waals surface area contributed by atoms with Gasteiger partial charge < -0.3 is 9.47 Å². The summed E-state index contributed by atoms with van der Waals surface area (Å²) >= 11 is 0. The molecule has 0 spiro atoms. The number of carbonyl (C=O) groups is 1. The highest BCUT2D eigenvalue weighted by Gasteiger charge is 2.11. The molecule has 0 aliphatic heterocycles. The number of carbonyl (C=O) groups excluding carboxylic acids is 1. The minimum atomic E-state index is -3.07. The monoisotopic (exact) mass is 286 g/mol. The van der Waals surface area contributed by atoms with E-state index < -0.39 is 9.84 Å². The molecule has 1 aromatic carbocycles. The summed E-state index contributed by atoms with van der Waals surface area (Å²) in [4.78, 5) is 10.7. The highest BCUT2D eigenvalue weighted by Crippen LogP contribution is 2.27. The summed E-state index contributed by atoms with van der Waals surface area (Å²) in [5.74, 6) is 0.953. The van der Waals surface area contributed by atoms with E-state index in [1.165, 1.54) is 13.2 Å². The van der Waals surface area contributed by atoms with Crippen LogP contribution in [-0.2, 0) is 9.84 Å². The molecular formula is C13H18O5S. The standard InChI is InChI=1S/C13H18O5S/c1-3-7-19(15,16)8-6-18-13-9-11(10-14)4-5-12(13)17-2/h4-5,9-10H,3,6-8H2,1-2H3. The maximum Gasteiger partial charge on any atom is 0.161 e. The minimum Gasteiger partial charge on any atom is -0.493 e. The third-order valence-corrected chi connectivity index (χ3v) is 4.31. The van der Waals surface area contributed by atoms with E-state index in [0.29, 0.717) is 29.8 Å². The number of aldehydes is 1. The fourth-order valence-corrected chi connectivity index (χ4v) is 2.73. The molecular weight excluding hydrogens is 268 g/mol. The largest absolute Gasteiger partial charge is 0.493 e. The summed E-state index contributed by atoms with van der Waals surface area (Å²) < 4.78 is 33.5. The molecule has 0 radical (unpaired) electrons. The van der Waals surface area contributed by atoms with Crippen molar-refractivity contribution in [2.75, 3.05) is 25.2 Å². The Labute approximate surface area is 113 Å². The molecule has 0 heterocycles. The summed E-state index contributed by atoms with van der Waals surface area (Å²) in [7, 11) is -1.59. The van der Waals surface area contributed by atoms with E-state index in [0.717, 1.165) is 0 Å². The third kappa shape index (κ3) is 4.90. The second-order valence-corrected chi connectivity index (χ2v) is 6.33. The van der Waals surface area contributed by atoms with Gasteiger partial charge in [0.2, 0.25) is 0 Å². The van der Waals surface area contributed by atoms with Crippen molar-refractivity contribution in [3.8, 4) is 11.5 Å². The van der Waals surface area contributed by atoms with Crippen LogP contribution in [0.5, 0.6) is 11.5 Å². The Bertz CT molecular complexity index is 522. The number of rotatable bonds is 8. The number of methoxy groups -OCH3 is 1. The molecule has 0 unspecified atom stereocenters. The van der Waals surface area contributed by atoms with Crippen molar-refractivity contribution in [3.63, 3.8) is 0 Å². The number of ether oxygens (including phenoxy) is 2. The molecule has 0 saturated heterocycles. The van der Waals surface area contributed by atoms with Gasteiger partial charge in [0.05, 0.1) is 18.6 Å². The molecule has 0 amide bonds. The Kier molecular flexibility index (Phi) is 5.82. The van der Waals surface area contributed by atoms with Gasteiger partial charge in [0.25, 0.3) is 0 Å². The van der Waals surface area contributed by atoms with Crippen LogP contribution in [0.3, 0.4) is 0 Å². The first kappa shape index (κ1) is 15.5. The summed E-state index contributed by atoms with van der Waals surface area (Å²) in [6.07, 6.45) is 1.28. The van der Waals surface area contributed by atoms with Crippen molar-refractivity contribution < 1.29 is 22.7 Å². The van der Waals surface area contributed by atoms with Crippen molar-refractivity contribution >= 4 is 16.1 Å². The van der Waals surface area contributed by atoms with E-state index in [1.807, 2.05) is 6.92 Å². The van der Waals surface area contributed by atoms with E-state index in [2.05, 4.69) is 0 Å². The topological polar surface area (TPSA) is 69.7 Å². The first-order valence-electron chi connectivity index (χ1n) is 5.99. The quantitative estimate of drug-likeness (QED) is 0.680. The zero-order valence-electron chi connectivity index (χ0n) is 11.1. The van der Waals surface area contributed by atoms with Crippen molar-refractivity contribution in [3.05, 3.63) is 23.8 Å². The number of hydrogen-bond donors (Lipinski definition) is 0. The molecule has 0 atom stereocenters. The molecule has 1 aromatic rings. The molecule has 19 heavy (non-hydrogen) atoms. The highest BCUT2D eigenvalue weighted by molar-refractivity contribution is 7.91. The maximum atomic E-state index is 11.5. The fraction of sp³-hybridized carbons (Fsp3) is 0.462. The van der Waals surface area contributed by atoms with Crippen LogP contribution >= 0.6 is 0 Å². The lowest BCUT2D eigenvalue weighted by Crippen LogP contribution is -2.17. The first-order valence-corrected chi connectivity index (χ1v) is 7.81. The minimum absolute atomic E-state index is 0.0427. The number of sulfone groups is 1. The summed E-state index contributed by atoms with van der Waals surface area (Å²) in [6.45, 7) is 1.86. The van der Waals surface area contributed by atoms with Crippen molar-refractivity contribution in [1.29, 1.82) is 0 Å². The van der Waals surface area contributed by atoms with Gasteiger partial charge in [0.1, 0.15) is 12.9 Å². The molecule has 0 aromatic heterocycles. The lowest BCUT2D eigenvalue weighted by molar-refractivity contribution is 0.112. The van der Waals surface area contributed by atoms with Crippen molar-refractivity contribution in [2.45, 2.75) is 13.3 Å². The molecule has 5 nitrogen and oxygen atoms in total. The normalized spacial score (nSPS) is 11.1. The molecule has 0 saturated carbocycles. The van der Waals surface area contributed by atoms with Gasteiger partial charge in [-0.05, 0) is 24.6 Å². The van der Waals surface area contributed by atoms with E-state index in [1.54, 1.807) is 12.1 Å². The van der Waals surface area contributed by atoms with Crippen LogP contribution in [-0.4, -0.2) is 39.9 Å². The molecule has 106 valence electrons. The van der Waals surface area contributed by atoms with Gasteiger partial charge >= 0.3 is 0 Å². The molecule has 1 rings (SSSR count). The van der Waals surface area contributed by atoms with E-state index >= 15 is 0 Å². The Hall–Kier alpha value is -1.56. The lowest BCUT2D eigenvalue weighted by atomic mass is 10.2. The SMILES string of the molecule is CCCS(=O)(=O)CCOc1cc(C=O)ccc1OC. The smallest absolute Gasteiger partial charge is 0.161 e. The van der Waals surface area contributed by atoms with Gasteiger partial charge in [0.15, 0.2) is 21.3 Å². The van der Waals surface area contributed by atoms with Crippen LogP contribution in [0.2, 0.25) is 0 Å². The van der Waals surface area contributed by atoms with Gasteiger partial charge in [-0.1, -0.05) is 6.92 Å². The van der Waals surface area contributed by atoms with Crippen LogP contribution in [0, 0.1) is 0 Å². The van der Waals surface area contributed by atoms with Crippen molar-refractivity contribution in [1.82, 2.24) is 0 Å². The van der Waals surface area contributed by atoms with E-state index in [4.69, 9.17) is 9.47 Å². The van der Waals surface area contributed by atoms with Crippen LogP contribution in [0.1, 0.15) is 23.7 Å². The van der Waals surface area contributed by atoms with Crippen molar-refractivity contribution in [2.24, 2.45) is 0 Å². The van der Waals surface area contributed by atoms with E-state index in [9.17, 15) is 13.2 Å². The second-order valence-electron chi connectivity index (χ2n) is 4.03. The zero-order valence-corrected chi connectivity index (χ0v) is 11.9. The Morgan fingerprint density at radius 2 is 1.95 bits per heavy atom. The maximum absolute atomic E-state index is 11.5. The van der Waals surface area contributed by atoms with Gasteiger partial charge in [-0.2, -0.15) is 0 Å².